The molecule has 0 saturated carbocycles. The molecule has 2 aromatic heterocycles. The highest BCUT2D eigenvalue weighted by atomic mass is 16.2. The van der Waals surface area contributed by atoms with E-state index in [0.29, 0.717) is 19.5 Å². The number of nitrogens with two attached hydrogens (primary N) is 1. The molecular weight excluding hydrogens is 416 g/mol. The van der Waals surface area contributed by atoms with Crippen LogP contribution in [0.1, 0.15) is 43.6 Å². The number of rotatable bonds is 5. The van der Waals surface area contributed by atoms with Crippen molar-refractivity contribution in [1.29, 1.82) is 0 Å². The molecule has 2 aromatic rings. The highest BCUT2D eigenvalue weighted by Crippen LogP contribution is 2.38. The van der Waals surface area contributed by atoms with Gasteiger partial charge in [-0.25, -0.2) is 0 Å². The lowest BCUT2D eigenvalue weighted by Gasteiger charge is -2.36. The van der Waals surface area contributed by atoms with Gasteiger partial charge in [0.1, 0.15) is 0 Å². The van der Waals surface area contributed by atoms with E-state index in [1.807, 2.05) is 36.2 Å². The van der Waals surface area contributed by atoms with E-state index >= 15 is 0 Å². The van der Waals surface area contributed by atoms with Crippen LogP contribution in [0, 0.1) is 6.92 Å². The molecule has 2 aliphatic heterocycles. The van der Waals surface area contributed by atoms with Crippen LogP contribution in [-0.2, 0) is 15.0 Å². The Balaban J connectivity index is 1.63. The second-order valence-electron chi connectivity index (χ2n) is 9.00. The van der Waals surface area contributed by atoms with Gasteiger partial charge in [-0.3, -0.25) is 24.5 Å². The number of aliphatic imine (C=N–C) groups is 1. The minimum Gasteiger partial charge on any atom is -0.369 e. The first-order chi connectivity index (χ1) is 15.8. The van der Waals surface area contributed by atoms with Gasteiger partial charge in [0.05, 0.1) is 28.7 Å². The van der Waals surface area contributed by atoms with Gasteiger partial charge < -0.3 is 15.5 Å². The maximum atomic E-state index is 11.6. The van der Waals surface area contributed by atoms with E-state index in [4.69, 9.17) is 15.7 Å². The highest BCUT2D eigenvalue weighted by Gasteiger charge is 2.38. The number of aromatic nitrogens is 2. The molecule has 0 radical (unpaired) electrons. The Labute approximate surface area is 194 Å². The van der Waals surface area contributed by atoms with E-state index < -0.39 is 5.41 Å². The fraction of sp³-hybridized carbons (Fsp3) is 0.400. The number of primary amides is 1. The fourth-order valence-corrected chi connectivity index (χ4v) is 4.69. The second kappa shape index (κ2) is 9.13. The summed E-state index contributed by atoms with van der Waals surface area (Å²) in [5, 5.41) is 0. The first-order valence-electron chi connectivity index (χ1n) is 11.2. The first kappa shape index (κ1) is 22.6. The van der Waals surface area contributed by atoms with Crippen molar-refractivity contribution in [3.63, 3.8) is 0 Å². The number of pyridine rings is 2. The predicted octanol–water partition coefficient (Wildman–Crippen LogP) is 2.36. The average molecular weight is 447 g/mol. The summed E-state index contributed by atoms with van der Waals surface area (Å²) in [6, 6.07) is 8.11. The lowest BCUT2D eigenvalue weighted by molar-refractivity contribution is -0.129. The van der Waals surface area contributed by atoms with E-state index in [-0.39, 0.29) is 18.2 Å². The van der Waals surface area contributed by atoms with Crippen molar-refractivity contribution in [2.75, 3.05) is 31.1 Å². The summed E-state index contributed by atoms with van der Waals surface area (Å²) in [7, 11) is 0. The molecule has 0 spiro atoms. The number of carbonyl (C=O) groups is 2. The zero-order chi connectivity index (χ0) is 23.6. The third-order valence-electron chi connectivity index (χ3n) is 6.45. The molecule has 8 heteroatoms. The van der Waals surface area contributed by atoms with Gasteiger partial charge in [0.2, 0.25) is 11.8 Å². The Morgan fingerprint density at radius 3 is 2.48 bits per heavy atom. The van der Waals surface area contributed by atoms with Crippen molar-refractivity contribution in [1.82, 2.24) is 14.9 Å². The summed E-state index contributed by atoms with van der Waals surface area (Å²) < 4.78 is 0. The largest absolute Gasteiger partial charge is 0.369 e. The van der Waals surface area contributed by atoms with E-state index in [1.54, 1.807) is 19.3 Å². The van der Waals surface area contributed by atoms with Crippen LogP contribution in [0.5, 0.6) is 0 Å². The third kappa shape index (κ3) is 4.79. The molecule has 0 aliphatic carbocycles. The summed E-state index contributed by atoms with van der Waals surface area (Å²) in [6.45, 7) is 8.68. The molecule has 1 saturated heterocycles. The van der Waals surface area contributed by atoms with Crippen molar-refractivity contribution >= 4 is 23.2 Å². The molecule has 1 fully saturated rings. The number of piperazine rings is 1. The van der Waals surface area contributed by atoms with Crippen LogP contribution in [0.25, 0.3) is 0 Å². The van der Waals surface area contributed by atoms with Gasteiger partial charge >= 0.3 is 0 Å². The Kier molecular flexibility index (Phi) is 6.26. The van der Waals surface area contributed by atoms with E-state index in [1.165, 1.54) is 0 Å². The summed E-state index contributed by atoms with van der Waals surface area (Å²) in [5.41, 5.74) is 10.6. The number of anilines is 1. The summed E-state index contributed by atoms with van der Waals surface area (Å²) in [5.74, 6) is -0.249. The van der Waals surface area contributed by atoms with E-state index in [9.17, 15) is 9.59 Å². The zero-order valence-corrected chi connectivity index (χ0v) is 19.4. The molecule has 8 nitrogen and oxygen atoms in total. The summed E-state index contributed by atoms with van der Waals surface area (Å²) in [4.78, 5) is 41.2. The van der Waals surface area contributed by atoms with Gasteiger partial charge in [0.25, 0.3) is 0 Å². The lowest BCUT2D eigenvalue weighted by Crippen LogP contribution is -2.48. The Hall–Kier alpha value is -3.55. The molecule has 1 atom stereocenters. The molecule has 4 rings (SSSR count). The Morgan fingerprint density at radius 2 is 1.88 bits per heavy atom. The van der Waals surface area contributed by atoms with Crippen LogP contribution in [0.3, 0.4) is 0 Å². The monoisotopic (exact) mass is 446 g/mol. The van der Waals surface area contributed by atoms with Crippen LogP contribution < -0.4 is 10.6 Å². The number of hydrogen-bond acceptors (Lipinski definition) is 6. The van der Waals surface area contributed by atoms with Crippen LogP contribution >= 0.6 is 0 Å². The molecule has 0 bridgehead atoms. The summed E-state index contributed by atoms with van der Waals surface area (Å²) in [6.07, 6.45) is 6.24. The van der Waals surface area contributed by atoms with Crippen molar-refractivity contribution < 1.29 is 9.59 Å². The van der Waals surface area contributed by atoms with Gasteiger partial charge in [-0.15, -0.1) is 0 Å². The smallest absolute Gasteiger partial charge is 0.221 e. The average Bonchev–Trinajstić information content (AvgIpc) is 2.79. The topological polar surface area (TPSA) is 105 Å². The van der Waals surface area contributed by atoms with Crippen molar-refractivity contribution in [2.24, 2.45) is 10.7 Å². The predicted molar refractivity (Wildman–Crippen MR) is 128 cm³/mol. The van der Waals surface area contributed by atoms with E-state index in [0.717, 1.165) is 47.0 Å². The van der Waals surface area contributed by atoms with Gasteiger partial charge in [0, 0.05) is 63.2 Å². The van der Waals surface area contributed by atoms with Crippen LogP contribution in [0.15, 0.2) is 53.4 Å². The van der Waals surface area contributed by atoms with Gasteiger partial charge in [0.15, 0.2) is 0 Å². The molecule has 172 valence electrons. The first-order valence-corrected chi connectivity index (χ1v) is 11.2. The van der Waals surface area contributed by atoms with E-state index in [2.05, 4.69) is 22.9 Å². The number of carbonyl (C=O) groups excluding carboxylic acids is 2. The quantitative estimate of drug-likeness (QED) is 0.759. The lowest BCUT2D eigenvalue weighted by atomic mass is 9.72. The van der Waals surface area contributed by atoms with Crippen LogP contribution in [0.2, 0.25) is 0 Å². The third-order valence-corrected chi connectivity index (χ3v) is 6.45. The minimum absolute atomic E-state index is 0.117. The molecule has 33 heavy (non-hydrogen) atoms. The number of aryl methyl sites for hydroxylation is 1. The SMILES string of the molecule is CC(=O)N1CCN(c2ccc(C3(C)CC(CC(N)=O)=CN=C3c3ccnc(C)c3)nc2)CC1. The van der Waals surface area contributed by atoms with Crippen molar-refractivity contribution in [3.05, 3.63) is 65.4 Å². The number of amides is 2. The number of nitrogens with zero attached hydrogens (tertiary/aromatic N) is 5. The zero-order valence-electron chi connectivity index (χ0n) is 19.4. The maximum Gasteiger partial charge on any atom is 0.221 e. The fourth-order valence-electron chi connectivity index (χ4n) is 4.69. The number of hydrogen-bond donors (Lipinski definition) is 1. The molecule has 2 N–H and O–H groups in total. The van der Waals surface area contributed by atoms with Crippen LogP contribution in [-0.4, -0.2) is 58.6 Å². The standard InChI is InChI=1S/C25H30N6O2/c1-17-12-20(6-7-27-17)24-25(3,14-19(15-29-24)13-23(26)33)22-5-4-21(16-28-22)31-10-8-30(9-11-31)18(2)32/h4-7,12,15-16H,8-11,13-14H2,1-3H3,(H2,26,33). The van der Waals surface area contributed by atoms with Gasteiger partial charge in [-0.1, -0.05) is 0 Å². The summed E-state index contributed by atoms with van der Waals surface area (Å²) >= 11 is 0. The molecule has 2 aliphatic rings. The second-order valence-corrected chi connectivity index (χ2v) is 9.00. The maximum absolute atomic E-state index is 11.6. The minimum atomic E-state index is -0.515. The normalized spacial score (nSPS) is 20.8. The van der Waals surface area contributed by atoms with Crippen molar-refractivity contribution in [2.45, 2.75) is 39.0 Å². The van der Waals surface area contributed by atoms with Crippen molar-refractivity contribution in [3.8, 4) is 0 Å². The van der Waals surface area contributed by atoms with Gasteiger partial charge in [-0.05, 0) is 50.1 Å². The Morgan fingerprint density at radius 1 is 1.12 bits per heavy atom. The van der Waals surface area contributed by atoms with Crippen LogP contribution in [0.4, 0.5) is 5.69 Å². The molecule has 0 aromatic carbocycles. The molecule has 1 unspecified atom stereocenters. The highest BCUT2D eigenvalue weighted by molar-refractivity contribution is 6.09. The Bertz CT molecular complexity index is 1120. The molecule has 2 amide bonds. The molecular formula is C25H30N6O2. The van der Waals surface area contributed by atoms with Gasteiger partial charge in [-0.2, -0.15) is 0 Å². The molecule has 4 heterocycles.